The van der Waals surface area contributed by atoms with Crippen molar-refractivity contribution < 1.29 is 14.2 Å². The molecule has 1 aliphatic carbocycles. The quantitative estimate of drug-likeness (QED) is 0.286. The molecular formula is C27H33N4O3+. The molecule has 34 heavy (non-hydrogen) atoms. The van der Waals surface area contributed by atoms with E-state index in [0.29, 0.717) is 24.4 Å². The van der Waals surface area contributed by atoms with Crippen molar-refractivity contribution in [3.8, 4) is 5.69 Å². The van der Waals surface area contributed by atoms with Crippen molar-refractivity contribution in [3.05, 3.63) is 80.4 Å². The lowest BCUT2D eigenvalue weighted by atomic mass is 9.87. The van der Waals surface area contributed by atoms with E-state index >= 15 is 0 Å². The third-order valence-electron chi connectivity index (χ3n) is 7.24. The van der Waals surface area contributed by atoms with Crippen LogP contribution in [-0.4, -0.2) is 20.8 Å². The summed E-state index contributed by atoms with van der Waals surface area (Å²) < 4.78 is 10.4. The van der Waals surface area contributed by atoms with Crippen LogP contribution in [0, 0.1) is 10.1 Å². The number of benzene rings is 2. The van der Waals surface area contributed by atoms with Gasteiger partial charge in [0.05, 0.1) is 4.92 Å². The van der Waals surface area contributed by atoms with Crippen LogP contribution in [0.1, 0.15) is 99.0 Å². The minimum absolute atomic E-state index is 0.0374. The average molecular weight is 462 g/mol. The molecule has 2 heterocycles. The molecule has 178 valence electrons. The highest BCUT2D eigenvalue weighted by atomic mass is 16.6. The van der Waals surface area contributed by atoms with Crippen molar-refractivity contribution in [3.63, 3.8) is 0 Å². The smallest absolute Gasteiger partial charge is 0.304 e. The first-order valence-corrected chi connectivity index (χ1v) is 12.2. The van der Waals surface area contributed by atoms with E-state index < -0.39 is 0 Å². The van der Waals surface area contributed by atoms with Gasteiger partial charge in [-0.2, -0.15) is 0 Å². The SMILES string of the molecule is CC(C)c1cc(C(C)C)c(-n2c[n+]3c(n2)CO[C@H]2Cc4ccc([N+](=O)[O-])cc4[C@H]23)c(C(C)C)c1. The second kappa shape index (κ2) is 8.31. The summed E-state index contributed by atoms with van der Waals surface area (Å²) in [6.45, 7) is 13.8. The summed E-state index contributed by atoms with van der Waals surface area (Å²) >= 11 is 0. The highest BCUT2D eigenvalue weighted by Crippen LogP contribution is 2.39. The summed E-state index contributed by atoms with van der Waals surface area (Å²) in [5.41, 5.74) is 7.26. The third kappa shape index (κ3) is 3.63. The first-order valence-electron chi connectivity index (χ1n) is 12.2. The number of hydrogen-bond donors (Lipinski definition) is 0. The van der Waals surface area contributed by atoms with Crippen LogP contribution in [0.15, 0.2) is 36.7 Å². The van der Waals surface area contributed by atoms with Gasteiger partial charge in [0, 0.05) is 29.2 Å². The van der Waals surface area contributed by atoms with Gasteiger partial charge < -0.3 is 4.74 Å². The Labute approximate surface area is 200 Å². The van der Waals surface area contributed by atoms with Gasteiger partial charge in [-0.3, -0.25) is 10.1 Å². The van der Waals surface area contributed by atoms with Crippen LogP contribution in [0.25, 0.3) is 5.69 Å². The maximum atomic E-state index is 11.4. The van der Waals surface area contributed by atoms with Crippen molar-refractivity contribution >= 4 is 5.69 Å². The van der Waals surface area contributed by atoms with Gasteiger partial charge in [-0.1, -0.05) is 64.4 Å². The number of rotatable bonds is 5. The third-order valence-corrected chi connectivity index (χ3v) is 7.24. The first-order chi connectivity index (χ1) is 16.2. The number of fused-ring (bicyclic) bond motifs is 5. The summed E-state index contributed by atoms with van der Waals surface area (Å²) in [6.07, 6.45) is 2.79. The van der Waals surface area contributed by atoms with E-state index in [9.17, 15) is 10.1 Å². The van der Waals surface area contributed by atoms with E-state index in [1.807, 2.05) is 10.7 Å². The minimum atomic E-state index is -0.327. The zero-order chi connectivity index (χ0) is 24.3. The molecule has 0 saturated carbocycles. The predicted octanol–water partition coefficient (Wildman–Crippen LogP) is 5.48. The maximum Gasteiger partial charge on any atom is 0.304 e. The monoisotopic (exact) mass is 461 g/mol. The average Bonchev–Trinajstić information content (AvgIpc) is 3.38. The first kappa shape index (κ1) is 22.7. The number of nitro benzene ring substituents is 1. The van der Waals surface area contributed by atoms with Gasteiger partial charge in [-0.05, 0) is 40.0 Å². The van der Waals surface area contributed by atoms with E-state index in [4.69, 9.17) is 9.84 Å². The van der Waals surface area contributed by atoms with Crippen LogP contribution >= 0.6 is 0 Å². The second-order valence-corrected chi connectivity index (χ2v) is 10.5. The fourth-order valence-electron chi connectivity index (χ4n) is 5.36. The van der Waals surface area contributed by atoms with Gasteiger partial charge >= 0.3 is 5.82 Å². The van der Waals surface area contributed by atoms with Gasteiger partial charge in [0.2, 0.25) is 6.33 Å². The molecule has 1 aliphatic heterocycles. The van der Waals surface area contributed by atoms with Crippen molar-refractivity contribution in [1.29, 1.82) is 0 Å². The standard InChI is InChI=1S/C27H33N4O3/c1-15(2)19-9-21(16(3)4)26(22(10-19)17(5)6)30-14-29-25(28-30)13-34-24-11-18-7-8-20(31(32)33)12-23(18)27(24)29/h7-10,12,14-17,24,27H,11,13H2,1-6H3/q+1/t24-,27+/m0/s1. The molecule has 0 bridgehead atoms. The number of nitro groups is 1. The molecule has 0 N–H and O–H groups in total. The Balaban J connectivity index is 1.67. The Morgan fingerprint density at radius 2 is 1.74 bits per heavy atom. The predicted molar refractivity (Wildman–Crippen MR) is 130 cm³/mol. The van der Waals surface area contributed by atoms with E-state index in [1.165, 1.54) is 16.7 Å². The summed E-state index contributed by atoms with van der Waals surface area (Å²) in [6, 6.07) is 9.72. The molecule has 5 rings (SSSR count). The lowest BCUT2D eigenvalue weighted by Crippen LogP contribution is -2.51. The van der Waals surface area contributed by atoms with Gasteiger partial charge in [0.25, 0.3) is 5.69 Å². The zero-order valence-electron chi connectivity index (χ0n) is 20.8. The molecule has 3 aromatic rings. The minimum Gasteiger partial charge on any atom is -0.363 e. The highest BCUT2D eigenvalue weighted by Gasteiger charge is 2.44. The van der Waals surface area contributed by atoms with E-state index in [-0.39, 0.29) is 22.8 Å². The molecule has 0 saturated heterocycles. The normalized spacial score (nSPS) is 19.0. The van der Waals surface area contributed by atoms with Gasteiger partial charge in [-0.15, -0.1) is 0 Å². The van der Waals surface area contributed by atoms with E-state index in [1.54, 1.807) is 12.1 Å². The number of aromatic nitrogens is 3. The molecule has 2 aliphatic rings. The van der Waals surface area contributed by atoms with E-state index in [0.717, 1.165) is 29.1 Å². The fraction of sp³-hybridized carbons (Fsp3) is 0.481. The second-order valence-electron chi connectivity index (χ2n) is 10.5. The number of non-ortho nitro benzene ring substituents is 1. The van der Waals surface area contributed by atoms with Crippen LogP contribution in [0.3, 0.4) is 0 Å². The Morgan fingerprint density at radius 1 is 1.06 bits per heavy atom. The highest BCUT2D eigenvalue weighted by molar-refractivity contribution is 5.53. The molecule has 7 heteroatoms. The van der Waals surface area contributed by atoms with Crippen LogP contribution in [0.2, 0.25) is 0 Å². The molecule has 0 unspecified atom stereocenters. The molecular weight excluding hydrogens is 428 g/mol. The Bertz CT molecular complexity index is 1250. The summed E-state index contributed by atoms with van der Waals surface area (Å²) in [5.74, 6) is 1.98. The Hall–Kier alpha value is -3.06. The Kier molecular flexibility index (Phi) is 5.55. The molecule has 2 aromatic carbocycles. The fourth-order valence-corrected chi connectivity index (χ4v) is 5.36. The topological polar surface area (TPSA) is 74.1 Å². The molecule has 0 spiro atoms. The zero-order valence-corrected chi connectivity index (χ0v) is 20.8. The molecule has 2 atom stereocenters. The van der Waals surface area contributed by atoms with Crippen molar-refractivity contribution in [2.75, 3.05) is 0 Å². The lowest BCUT2D eigenvalue weighted by Gasteiger charge is -2.23. The van der Waals surface area contributed by atoms with Crippen molar-refractivity contribution in [1.82, 2.24) is 9.78 Å². The lowest BCUT2D eigenvalue weighted by molar-refractivity contribution is -0.739. The van der Waals surface area contributed by atoms with Crippen LogP contribution in [-0.2, 0) is 17.8 Å². The number of hydrogen-bond acceptors (Lipinski definition) is 4. The molecule has 0 fully saturated rings. The molecule has 1 aromatic heterocycles. The van der Waals surface area contributed by atoms with Crippen molar-refractivity contribution in [2.24, 2.45) is 0 Å². The van der Waals surface area contributed by atoms with Crippen LogP contribution in [0.5, 0.6) is 0 Å². The summed E-state index contributed by atoms with van der Waals surface area (Å²) in [7, 11) is 0. The Morgan fingerprint density at radius 3 is 2.32 bits per heavy atom. The van der Waals surface area contributed by atoms with Crippen molar-refractivity contribution in [2.45, 2.75) is 84.5 Å². The maximum absolute atomic E-state index is 11.4. The van der Waals surface area contributed by atoms with Crippen LogP contribution < -0.4 is 4.57 Å². The number of ether oxygens (including phenoxy) is 1. The molecule has 0 amide bonds. The summed E-state index contributed by atoms with van der Waals surface area (Å²) in [4.78, 5) is 11.1. The van der Waals surface area contributed by atoms with Gasteiger partial charge in [0.1, 0.15) is 24.4 Å². The number of nitrogens with zero attached hydrogens (tertiary/aromatic N) is 4. The van der Waals surface area contributed by atoms with Gasteiger partial charge in [-0.25, -0.2) is 4.57 Å². The molecule has 7 nitrogen and oxygen atoms in total. The summed E-state index contributed by atoms with van der Waals surface area (Å²) in [5, 5.41) is 16.4. The van der Waals surface area contributed by atoms with Crippen LogP contribution in [0.4, 0.5) is 5.69 Å². The van der Waals surface area contributed by atoms with E-state index in [2.05, 4.69) is 64.6 Å². The van der Waals surface area contributed by atoms with Gasteiger partial charge in [0.15, 0.2) is 0 Å². The largest absolute Gasteiger partial charge is 0.363 e. The molecule has 0 radical (unpaired) electrons.